The Bertz CT molecular complexity index is 948. The van der Waals surface area contributed by atoms with E-state index in [1.807, 2.05) is 25.1 Å². The number of fused-ring (bicyclic) bond motifs is 1. The molecular formula is C18H15ClO3S. The minimum atomic E-state index is -3.63. The molecule has 0 aromatic heterocycles. The maximum Gasteiger partial charge on any atom is 0.207 e. The maximum absolute atomic E-state index is 12.9. The highest BCUT2D eigenvalue weighted by molar-refractivity contribution is 7.91. The van der Waals surface area contributed by atoms with Gasteiger partial charge in [-0.2, -0.15) is 0 Å². The average molecular weight is 347 g/mol. The molecule has 3 rings (SSSR count). The molecule has 23 heavy (non-hydrogen) atoms. The molecule has 0 aliphatic rings. The van der Waals surface area contributed by atoms with Crippen LogP contribution in [-0.2, 0) is 9.84 Å². The van der Waals surface area contributed by atoms with Crippen molar-refractivity contribution >= 4 is 32.2 Å². The minimum Gasteiger partial charge on any atom is -0.493 e. The molecule has 0 saturated heterocycles. The third kappa shape index (κ3) is 2.92. The molecule has 0 amide bonds. The summed E-state index contributed by atoms with van der Waals surface area (Å²) >= 11 is 5.85. The van der Waals surface area contributed by atoms with E-state index in [1.165, 1.54) is 12.1 Å². The van der Waals surface area contributed by atoms with Gasteiger partial charge in [0.25, 0.3) is 0 Å². The predicted molar refractivity (Wildman–Crippen MR) is 92.0 cm³/mol. The number of hydrogen-bond donors (Lipinski definition) is 0. The molecule has 0 spiro atoms. The van der Waals surface area contributed by atoms with E-state index >= 15 is 0 Å². The van der Waals surface area contributed by atoms with E-state index in [0.717, 1.165) is 5.39 Å². The summed E-state index contributed by atoms with van der Waals surface area (Å²) in [5.74, 6) is 0.679. The zero-order valence-electron chi connectivity index (χ0n) is 12.5. The Hall–Kier alpha value is -2.04. The Labute approximate surface area is 140 Å². The molecule has 0 aliphatic heterocycles. The average Bonchev–Trinajstić information content (AvgIpc) is 2.55. The highest BCUT2D eigenvalue weighted by Gasteiger charge is 2.21. The van der Waals surface area contributed by atoms with Crippen LogP contribution in [-0.4, -0.2) is 15.0 Å². The first-order chi connectivity index (χ1) is 11.0. The quantitative estimate of drug-likeness (QED) is 0.686. The highest BCUT2D eigenvalue weighted by atomic mass is 35.5. The standard InChI is InChI=1S/C18H15ClO3S/c1-2-22-17-11-12-18(16-6-4-3-5-15(16)17)23(20,21)14-9-7-13(19)8-10-14/h3-12H,2H2,1H3. The predicted octanol–water partition coefficient (Wildman–Crippen LogP) is 4.72. The molecule has 3 aromatic carbocycles. The van der Waals surface area contributed by atoms with Gasteiger partial charge in [0.15, 0.2) is 0 Å². The molecule has 0 fully saturated rings. The third-order valence-electron chi connectivity index (χ3n) is 3.56. The van der Waals surface area contributed by atoms with Gasteiger partial charge in [-0.3, -0.25) is 0 Å². The third-order valence-corrected chi connectivity index (χ3v) is 5.64. The van der Waals surface area contributed by atoms with Crippen molar-refractivity contribution in [2.75, 3.05) is 6.61 Å². The van der Waals surface area contributed by atoms with Crippen LogP contribution in [0.15, 0.2) is 70.5 Å². The molecule has 0 radical (unpaired) electrons. The lowest BCUT2D eigenvalue weighted by molar-refractivity contribution is 0.344. The number of ether oxygens (including phenoxy) is 1. The summed E-state index contributed by atoms with van der Waals surface area (Å²) in [6.07, 6.45) is 0. The molecular weight excluding hydrogens is 332 g/mol. The summed E-state index contributed by atoms with van der Waals surface area (Å²) in [7, 11) is -3.63. The zero-order valence-corrected chi connectivity index (χ0v) is 14.1. The Morgan fingerprint density at radius 1 is 0.913 bits per heavy atom. The van der Waals surface area contributed by atoms with Gasteiger partial charge in [0.05, 0.1) is 16.4 Å². The van der Waals surface area contributed by atoms with Crippen molar-refractivity contribution in [3.05, 3.63) is 65.7 Å². The lowest BCUT2D eigenvalue weighted by atomic mass is 10.1. The van der Waals surface area contributed by atoms with Crippen molar-refractivity contribution in [2.24, 2.45) is 0 Å². The van der Waals surface area contributed by atoms with Crippen LogP contribution in [0.2, 0.25) is 5.02 Å². The summed E-state index contributed by atoms with van der Waals surface area (Å²) in [5, 5.41) is 1.93. The van der Waals surface area contributed by atoms with E-state index in [0.29, 0.717) is 22.8 Å². The second-order valence-corrected chi connectivity index (χ2v) is 7.35. The van der Waals surface area contributed by atoms with Crippen molar-refractivity contribution in [1.29, 1.82) is 0 Å². The van der Waals surface area contributed by atoms with Crippen LogP contribution in [0, 0.1) is 0 Å². The number of hydrogen-bond acceptors (Lipinski definition) is 3. The molecule has 0 saturated carbocycles. The second kappa shape index (κ2) is 6.22. The van der Waals surface area contributed by atoms with Gasteiger partial charge in [0.2, 0.25) is 9.84 Å². The summed E-state index contributed by atoms with van der Waals surface area (Å²) in [4.78, 5) is 0.482. The smallest absolute Gasteiger partial charge is 0.207 e. The first kappa shape index (κ1) is 15.8. The van der Waals surface area contributed by atoms with Gasteiger partial charge in [0.1, 0.15) is 5.75 Å². The lowest BCUT2D eigenvalue weighted by Crippen LogP contribution is -2.03. The van der Waals surface area contributed by atoms with Gasteiger partial charge >= 0.3 is 0 Å². The Kier molecular flexibility index (Phi) is 4.28. The van der Waals surface area contributed by atoms with Crippen LogP contribution < -0.4 is 4.74 Å². The van der Waals surface area contributed by atoms with Crippen LogP contribution >= 0.6 is 11.6 Å². The van der Waals surface area contributed by atoms with Crippen molar-refractivity contribution in [3.8, 4) is 5.75 Å². The first-order valence-corrected chi connectivity index (χ1v) is 9.05. The van der Waals surface area contributed by atoms with E-state index in [1.54, 1.807) is 30.3 Å². The van der Waals surface area contributed by atoms with E-state index in [2.05, 4.69) is 0 Å². The fraction of sp³-hybridized carbons (Fsp3) is 0.111. The van der Waals surface area contributed by atoms with Crippen molar-refractivity contribution < 1.29 is 13.2 Å². The number of benzene rings is 3. The van der Waals surface area contributed by atoms with E-state index in [9.17, 15) is 8.42 Å². The summed E-state index contributed by atoms with van der Waals surface area (Å²) in [6, 6.07) is 16.8. The van der Waals surface area contributed by atoms with Gasteiger partial charge in [-0.1, -0.05) is 35.9 Å². The molecule has 0 bridgehead atoms. The molecule has 0 heterocycles. The first-order valence-electron chi connectivity index (χ1n) is 7.19. The van der Waals surface area contributed by atoms with Gasteiger partial charge in [-0.25, -0.2) is 8.42 Å². The molecule has 0 atom stereocenters. The lowest BCUT2D eigenvalue weighted by Gasteiger charge is -2.12. The topological polar surface area (TPSA) is 43.4 Å². The van der Waals surface area contributed by atoms with Crippen LogP contribution in [0.3, 0.4) is 0 Å². The molecule has 118 valence electrons. The fourth-order valence-corrected chi connectivity index (χ4v) is 4.09. The minimum absolute atomic E-state index is 0.219. The van der Waals surface area contributed by atoms with Gasteiger partial charge in [-0.05, 0) is 43.3 Å². The van der Waals surface area contributed by atoms with Gasteiger partial charge in [-0.15, -0.1) is 0 Å². The molecule has 3 aromatic rings. The normalized spacial score (nSPS) is 11.6. The SMILES string of the molecule is CCOc1ccc(S(=O)(=O)c2ccc(Cl)cc2)c2ccccc12. The monoisotopic (exact) mass is 346 g/mol. The molecule has 0 N–H and O–H groups in total. The van der Waals surface area contributed by atoms with Crippen LogP contribution in [0.25, 0.3) is 10.8 Å². The van der Waals surface area contributed by atoms with Crippen molar-refractivity contribution in [2.45, 2.75) is 16.7 Å². The molecule has 5 heteroatoms. The van der Waals surface area contributed by atoms with Crippen molar-refractivity contribution in [1.82, 2.24) is 0 Å². The summed E-state index contributed by atoms with van der Waals surface area (Å²) in [6.45, 7) is 2.42. The van der Waals surface area contributed by atoms with Gasteiger partial charge in [0, 0.05) is 15.8 Å². The number of sulfone groups is 1. The second-order valence-electron chi connectivity index (χ2n) is 5.00. The van der Waals surface area contributed by atoms with E-state index in [4.69, 9.17) is 16.3 Å². The fourth-order valence-electron chi connectivity index (χ4n) is 2.50. The maximum atomic E-state index is 12.9. The molecule has 3 nitrogen and oxygen atoms in total. The van der Waals surface area contributed by atoms with E-state index in [-0.39, 0.29) is 9.79 Å². The molecule has 0 unspecified atom stereocenters. The van der Waals surface area contributed by atoms with Crippen LogP contribution in [0.4, 0.5) is 0 Å². The number of rotatable bonds is 4. The van der Waals surface area contributed by atoms with Crippen LogP contribution in [0.1, 0.15) is 6.92 Å². The largest absolute Gasteiger partial charge is 0.493 e. The van der Waals surface area contributed by atoms with Crippen molar-refractivity contribution in [3.63, 3.8) is 0 Å². The Balaban J connectivity index is 2.24. The van der Waals surface area contributed by atoms with E-state index < -0.39 is 9.84 Å². The highest BCUT2D eigenvalue weighted by Crippen LogP contribution is 2.34. The number of halogens is 1. The Morgan fingerprint density at radius 3 is 2.22 bits per heavy atom. The van der Waals surface area contributed by atoms with Gasteiger partial charge < -0.3 is 4.74 Å². The zero-order chi connectivity index (χ0) is 16.4. The summed E-state index contributed by atoms with van der Waals surface area (Å²) in [5.41, 5.74) is 0. The Morgan fingerprint density at radius 2 is 1.57 bits per heavy atom. The molecule has 0 aliphatic carbocycles. The van der Waals surface area contributed by atoms with Crippen LogP contribution in [0.5, 0.6) is 5.75 Å². The summed E-state index contributed by atoms with van der Waals surface area (Å²) < 4.78 is 31.5.